The molecule has 1 aliphatic rings. The summed E-state index contributed by atoms with van der Waals surface area (Å²) in [5.74, 6) is 1.08. The Hall–Kier alpha value is -3.78. The molecule has 1 aliphatic heterocycles. The van der Waals surface area contributed by atoms with E-state index in [2.05, 4.69) is 15.1 Å². The van der Waals surface area contributed by atoms with Crippen LogP contribution in [0.3, 0.4) is 0 Å². The Morgan fingerprint density at radius 2 is 2.03 bits per heavy atom. The van der Waals surface area contributed by atoms with Gasteiger partial charge in [0.1, 0.15) is 11.6 Å². The SMILES string of the molecule is COc1cc(C=Cc2nc3n(n2)CCC[C@]3(O)c2ccccc2F)ccc1-n1cnc(C)c1. The van der Waals surface area contributed by atoms with Crippen LogP contribution in [0.2, 0.25) is 0 Å². The van der Waals surface area contributed by atoms with E-state index in [-0.39, 0.29) is 5.56 Å². The molecule has 0 amide bonds. The molecule has 1 atom stereocenters. The van der Waals surface area contributed by atoms with Crippen LogP contribution >= 0.6 is 0 Å². The van der Waals surface area contributed by atoms with Gasteiger partial charge in [-0.2, -0.15) is 5.10 Å². The van der Waals surface area contributed by atoms with E-state index in [1.807, 2.05) is 42.0 Å². The Bertz CT molecular complexity index is 1340. The number of methoxy groups -OCH3 is 1. The van der Waals surface area contributed by atoms with Crippen molar-refractivity contribution in [2.24, 2.45) is 0 Å². The lowest BCUT2D eigenvalue weighted by molar-refractivity contribution is 0.0361. The van der Waals surface area contributed by atoms with Crippen LogP contribution in [-0.2, 0) is 12.1 Å². The van der Waals surface area contributed by atoms with Crippen molar-refractivity contribution in [3.05, 3.63) is 89.3 Å². The largest absolute Gasteiger partial charge is 0.495 e. The lowest BCUT2D eigenvalue weighted by atomic mass is 9.86. The summed E-state index contributed by atoms with van der Waals surface area (Å²) in [7, 11) is 1.63. The first-order chi connectivity index (χ1) is 16.0. The lowest BCUT2D eigenvalue weighted by Gasteiger charge is -2.31. The Balaban J connectivity index is 1.45. The summed E-state index contributed by atoms with van der Waals surface area (Å²) in [6.45, 7) is 2.56. The first-order valence-electron chi connectivity index (χ1n) is 10.8. The summed E-state index contributed by atoms with van der Waals surface area (Å²) >= 11 is 0. The molecule has 0 bridgehead atoms. The number of fused-ring (bicyclic) bond motifs is 1. The maximum atomic E-state index is 14.5. The van der Waals surface area contributed by atoms with Crippen molar-refractivity contribution in [3.63, 3.8) is 0 Å². The van der Waals surface area contributed by atoms with Gasteiger partial charge in [-0.05, 0) is 49.6 Å². The average Bonchev–Trinajstić information content (AvgIpc) is 3.44. The molecular formula is C25H24FN5O2. The van der Waals surface area contributed by atoms with Crippen LogP contribution in [0.1, 0.15) is 41.3 Å². The molecule has 4 aromatic rings. The highest BCUT2D eigenvalue weighted by atomic mass is 19.1. The standard InChI is InChI=1S/C25H24FN5O2/c1-17-15-30(16-27-17)21-10-8-18(14-22(21)33-2)9-11-23-28-24-25(32,12-5-13-31(24)29-23)19-6-3-4-7-20(19)26/h3-4,6-11,14-16,32H,5,12-13H2,1-2H3/t25-/m0/s1. The molecule has 0 aliphatic carbocycles. The van der Waals surface area contributed by atoms with E-state index in [9.17, 15) is 9.50 Å². The quantitative estimate of drug-likeness (QED) is 0.500. The fourth-order valence-electron chi connectivity index (χ4n) is 4.28. The third kappa shape index (κ3) is 3.82. The second kappa shape index (κ2) is 8.29. The molecule has 1 N–H and O–H groups in total. The van der Waals surface area contributed by atoms with Gasteiger partial charge in [-0.1, -0.05) is 30.3 Å². The van der Waals surface area contributed by atoms with E-state index in [4.69, 9.17) is 4.74 Å². The second-order valence-corrected chi connectivity index (χ2v) is 8.15. The van der Waals surface area contributed by atoms with Gasteiger partial charge in [0.15, 0.2) is 17.2 Å². The first kappa shape index (κ1) is 21.1. The van der Waals surface area contributed by atoms with E-state index in [1.165, 1.54) is 6.07 Å². The molecule has 0 spiro atoms. The zero-order chi connectivity index (χ0) is 23.0. The molecule has 0 saturated heterocycles. The first-order valence-corrected chi connectivity index (χ1v) is 10.8. The Kier molecular flexibility index (Phi) is 5.30. The van der Waals surface area contributed by atoms with Crippen LogP contribution in [0, 0.1) is 12.7 Å². The molecule has 0 fully saturated rings. The molecular weight excluding hydrogens is 421 g/mol. The maximum Gasteiger partial charge on any atom is 0.174 e. The Morgan fingerprint density at radius 1 is 1.18 bits per heavy atom. The Labute approximate surface area is 190 Å². The van der Waals surface area contributed by atoms with Gasteiger partial charge < -0.3 is 14.4 Å². The molecule has 3 heterocycles. The van der Waals surface area contributed by atoms with Crippen LogP contribution < -0.4 is 4.74 Å². The summed E-state index contributed by atoms with van der Waals surface area (Å²) in [6.07, 6.45) is 8.42. The average molecular weight is 445 g/mol. The number of halogens is 1. The van der Waals surface area contributed by atoms with E-state index in [0.29, 0.717) is 36.8 Å². The monoisotopic (exact) mass is 445 g/mol. The molecule has 8 heteroatoms. The van der Waals surface area contributed by atoms with E-state index < -0.39 is 11.4 Å². The number of ether oxygens (including phenoxy) is 1. The maximum absolute atomic E-state index is 14.5. The molecule has 168 valence electrons. The molecule has 33 heavy (non-hydrogen) atoms. The number of imidazole rings is 1. The molecule has 7 nitrogen and oxygen atoms in total. The van der Waals surface area contributed by atoms with Crippen molar-refractivity contribution in [1.82, 2.24) is 24.3 Å². The van der Waals surface area contributed by atoms with Crippen molar-refractivity contribution < 1.29 is 14.2 Å². The molecule has 5 rings (SSSR count). The third-order valence-electron chi connectivity index (χ3n) is 5.90. The van der Waals surface area contributed by atoms with Crippen molar-refractivity contribution in [2.45, 2.75) is 31.9 Å². The summed E-state index contributed by atoms with van der Waals surface area (Å²) in [6, 6.07) is 12.1. The van der Waals surface area contributed by atoms with Gasteiger partial charge in [0.05, 0.1) is 24.8 Å². The van der Waals surface area contributed by atoms with Crippen molar-refractivity contribution >= 4 is 12.2 Å². The highest BCUT2D eigenvalue weighted by molar-refractivity contribution is 5.69. The van der Waals surface area contributed by atoms with Crippen molar-refractivity contribution in [1.29, 1.82) is 0 Å². The number of aryl methyl sites for hydroxylation is 2. The third-order valence-corrected chi connectivity index (χ3v) is 5.90. The number of nitrogens with zero attached hydrogens (tertiary/aromatic N) is 5. The van der Waals surface area contributed by atoms with Gasteiger partial charge in [0.2, 0.25) is 0 Å². The number of hydrogen-bond donors (Lipinski definition) is 1. The predicted molar refractivity (Wildman–Crippen MR) is 122 cm³/mol. The predicted octanol–water partition coefficient (Wildman–Crippen LogP) is 4.12. The van der Waals surface area contributed by atoms with E-state index in [0.717, 1.165) is 16.9 Å². The van der Waals surface area contributed by atoms with Gasteiger partial charge in [0.25, 0.3) is 0 Å². The number of hydrogen-bond acceptors (Lipinski definition) is 5. The number of rotatable bonds is 5. The minimum atomic E-state index is -1.50. The van der Waals surface area contributed by atoms with Crippen LogP contribution in [0.5, 0.6) is 5.75 Å². The van der Waals surface area contributed by atoms with Gasteiger partial charge in [-0.25, -0.2) is 19.0 Å². The molecule has 2 aromatic heterocycles. The fourth-order valence-corrected chi connectivity index (χ4v) is 4.28. The van der Waals surface area contributed by atoms with Gasteiger partial charge in [0, 0.05) is 18.3 Å². The van der Waals surface area contributed by atoms with Crippen LogP contribution in [0.4, 0.5) is 4.39 Å². The highest BCUT2D eigenvalue weighted by Gasteiger charge is 2.41. The summed E-state index contributed by atoms with van der Waals surface area (Å²) in [5, 5.41) is 15.9. The van der Waals surface area contributed by atoms with E-state index >= 15 is 0 Å². The smallest absolute Gasteiger partial charge is 0.174 e. The minimum Gasteiger partial charge on any atom is -0.495 e. The van der Waals surface area contributed by atoms with Crippen LogP contribution in [-0.4, -0.2) is 36.5 Å². The number of aromatic nitrogens is 5. The minimum absolute atomic E-state index is 0.226. The van der Waals surface area contributed by atoms with E-state index in [1.54, 1.807) is 42.4 Å². The second-order valence-electron chi connectivity index (χ2n) is 8.15. The van der Waals surface area contributed by atoms with Gasteiger partial charge in [-0.15, -0.1) is 0 Å². The van der Waals surface area contributed by atoms with Gasteiger partial charge >= 0.3 is 0 Å². The zero-order valence-electron chi connectivity index (χ0n) is 18.4. The summed E-state index contributed by atoms with van der Waals surface area (Å²) in [5.41, 5.74) is 1.44. The molecule has 2 aromatic carbocycles. The van der Waals surface area contributed by atoms with Crippen LogP contribution in [0.25, 0.3) is 17.8 Å². The summed E-state index contributed by atoms with van der Waals surface area (Å²) in [4.78, 5) is 8.82. The molecule has 0 unspecified atom stereocenters. The normalized spacial score (nSPS) is 17.9. The van der Waals surface area contributed by atoms with Crippen molar-refractivity contribution in [2.75, 3.05) is 7.11 Å². The highest BCUT2D eigenvalue weighted by Crippen LogP contribution is 2.37. The lowest BCUT2D eigenvalue weighted by Crippen LogP contribution is -2.36. The molecule has 0 radical (unpaired) electrons. The summed E-state index contributed by atoms with van der Waals surface area (Å²) < 4.78 is 23.6. The zero-order valence-corrected chi connectivity index (χ0v) is 18.4. The van der Waals surface area contributed by atoms with Crippen molar-refractivity contribution in [3.8, 4) is 11.4 Å². The topological polar surface area (TPSA) is 78.0 Å². The number of aliphatic hydroxyl groups is 1. The fraction of sp³-hybridized carbons (Fsp3) is 0.240. The van der Waals surface area contributed by atoms with Crippen LogP contribution in [0.15, 0.2) is 55.0 Å². The van der Waals surface area contributed by atoms with Gasteiger partial charge in [-0.3, -0.25) is 0 Å². The Morgan fingerprint density at radius 3 is 2.79 bits per heavy atom. The number of benzene rings is 2. The molecule has 0 saturated carbocycles.